The van der Waals surface area contributed by atoms with Gasteiger partial charge in [0.05, 0.1) is 6.10 Å². The highest BCUT2D eigenvalue weighted by Crippen LogP contribution is 2.35. The summed E-state index contributed by atoms with van der Waals surface area (Å²) in [5.74, 6) is -1.05. The molecule has 6 heteroatoms. The number of hydrogen-bond acceptors (Lipinski definition) is 3. The monoisotopic (exact) mass is 284 g/mol. The highest BCUT2D eigenvalue weighted by Gasteiger charge is 2.39. The Morgan fingerprint density at radius 3 is 2.40 bits per heavy atom. The molecule has 3 N–H and O–H groups in total. The Kier molecular flexibility index (Phi) is 4.22. The lowest BCUT2D eigenvalue weighted by Gasteiger charge is -2.35. The first-order chi connectivity index (χ1) is 9.28. The summed E-state index contributed by atoms with van der Waals surface area (Å²) in [5, 5.41) is 21.6. The van der Waals surface area contributed by atoms with E-state index in [4.69, 9.17) is 5.11 Å². The summed E-state index contributed by atoms with van der Waals surface area (Å²) >= 11 is 0. The molecule has 0 aromatic heterocycles. The number of β-amino-alcohol motifs (C(OH)–C–C–N with tert-alkyl or cyclic N) is 1. The lowest BCUT2D eigenvalue weighted by molar-refractivity contribution is -0.141. The number of hydrogen-bond donors (Lipinski definition) is 3. The third kappa shape index (κ3) is 3.42. The van der Waals surface area contributed by atoms with E-state index in [1.165, 1.54) is 4.90 Å². The van der Waals surface area contributed by atoms with Gasteiger partial charge in [0.15, 0.2) is 0 Å². The lowest BCUT2D eigenvalue weighted by Crippen LogP contribution is -2.50. The van der Waals surface area contributed by atoms with Crippen LogP contribution in [-0.2, 0) is 4.79 Å². The van der Waals surface area contributed by atoms with E-state index in [-0.39, 0.29) is 25.0 Å². The maximum absolute atomic E-state index is 12.2. The van der Waals surface area contributed by atoms with Gasteiger partial charge in [-0.05, 0) is 31.1 Å². The Labute approximate surface area is 119 Å². The van der Waals surface area contributed by atoms with Gasteiger partial charge in [-0.1, -0.05) is 13.8 Å². The summed E-state index contributed by atoms with van der Waals surface area (Å²) in [6, 6.07) is -1.16. The van der Waals surface area contributed by atoms with E-state index in [1.54, 1.807) is 0 Å². The van der Waals surface area contributed by atoms with Gasteiger partial charge in [-0.15, -0.1) is 0 Å². The van der Waals surface area contributed by atoms with Crippen LogP contribution in [0.15, 0.2) is 0 Å². The van der Waals surface area contributed by atoms with Crippen molar-refractivity contribution in [1.82, 2.24) is 10.2 Å². The number of carboxylic acid groups (broad SMARTS) is 1. The van der Waals surface area contributed by atoms with Crippen molar-refractivity contribution >= 4 is 12.0 Å². The highest BCUT2D eigenvalue weighted by molar-refractivity contribution is 5.83. The summed E-state index contributed by atoms with van der Waals surface area (Å²) in [5.41, 5.74) is 0.328. The molecule has 0 bridgehead atoms. The molecule has 0 spiro atoms. The highest BCUT2D eigenvalue weighted by atomic mass is 16.4. The van der Waals surface area contributed by atoms with Crippen LogP contribution < -0.4 is 5.32 Å². The fraction of sp³-hybridized carbons (Fsp3) is 0.857. The van der Waals surface area contributed by atoms with Crippen LogP contribution in [-0.4, -0.2) is 51.8 Å². The smallest absolute Gasteiger partial charge is 0.326 e. The van der Waals surface area contributed by atoms with E-state index in [1.807, 2.05) is 0 Å². The van der Waals surface area contributed by atoms with Gasteiger partial charge >= 0.3 is 12.0 Å². The molecule has 2 atom stereocenters. The molecule has 1 heterocycles. The van der Waals surface area contributed by atoms with Gasteiger partial charge in [-0.3, -0.25) is 0 Å². The fourth-order valence-electron chi connectivity index (χ4n) is 3.07. The van der Waals surface area contributed by atoms with Crippen LogP contribution in [0.2, 0.25) is 0 Å². The van der Waals surface area contributed by atoms with Crippen LogP contribution in [0.4, 0.5) is 4.79 Å². The predicted octanol–water partition coefficient (Wildman–Crippen LogP) is 1.18. The second kappa shape index (κ2) is 5.60. The SMILES string of the molecule is CC1(C)CCC(NC(=O)N2C[C@@H](O)C[C@H]2C(=O)O)CC1. The molecule has 0 aromatic rings. The van der Waals surface area contributed by atoms with Gasteiger partial charge in [0.2, 0.25) is 0 Å². The van der Waals surface area contributed by atoms with Crippen molar-refractivity contribution in [2.75, 3.05) is 6.54 Å². The Morgan fingerprint density at radius 2 is 1.85 bits per heavy atom. The molecule has 2 amide bonds. The van der Waals surface area contributed by atoms with Crippen molar-refractivity contribution in [3.05, 3.63) is 0 Å². The molecule has 1 aliphatic carbocycles. The minimum absolute atomic E-state index is 0.0982. The first kappa shape index (κ1) is 15.1. The Bertz CT molecular complexity index is 387. The number of carbonyl (C=O) groups excluding carboxylic acids is 1. The van der Waals surface area contributed by atoms with E-state index in [0.717, 1.165) is 25.7 Å². The third-order valence-corrected chi connectivity index (χ3v) is 4.49. The summed E-state index contributed by atoms with van der Waals surface area (Å²) < 4.78 is 0. The van der Waals surface area contributed by atoms with Crippen molar-refractivity contribution in [2.24, 2.45) is 5.41 Å². The van der Waals surface area contributed by atoms with Crippen LogP contribution in [0.1, 0.15) is 46.0 Å². The van der Waals surface area contributed by atoms with E-state index < -0.39 is 18.1 Å². The van der Waals surface area contributed by atoms with Gasteiger partial charge in [-0.2, -0.15) is 0 Å². The molecule has 2 rings (SSSR count). The van der Waals surface area contributed by atoms with E-state index in [9.17, 15) is 14.7 Å². The van der Waals surface area contributed by atoms with Crippen molar-refractivity contribution in [1.29, 1.82) is 0 Å². The van der Waals surface area contributed by atoms with Crippen LogP contribution in [0.25, 0.3) is 0 Å². The van der Waals surface area contributed by atoms with Crippen LogP contribution in [0.3, 0.4) is 0 Å². The summed E-state index contributed by atoms with van der Waals surface area (Å²) in [6.07, 6.45) is 3.33. The minimum Gasteiger partial charge on any atom is -0.480 e. The molecular formula is C14H24N2O4. The Balaban J connectivity index is 1.90. The van der Waals surface area contributed by atoms with Gasteiger partial charge in [0.1, 0.15) is 6.04 Å². The zero-order valence-corrected chi connectivity index (χ0v) is 12.1. The maximum atomic E-state index is 12.2. The molecule has 0 aromatic carbocycles. The first-order valence-electron chi connectivity index (χ1n) is 7.26. The molecule has 1 saturated heterocycles. The summed E-state index contributed by atoms with van der Waals surface area (Å²) in [7, 11) is 0. The van der Waals surface area contributed by atoms with Gasteiger partial charge in [-0.25, -0.2) is 9.59 Å². The largest absolute Gasteiger partial charge is 0.480 e. The average Bonchev–Trinajstić information content (AvgIpc) is 2.74. The number of carbonyl (C=O) groups is 2. The number of aliphatic hydroxyl groups is 1. The van der Waals surface area contributed by atoms with Crippen molar-refractivity contribution in [3.63, 3.8) is 0 Å². The number of rotatable bonds is 2. The molecule has 0 radical (unpaired) electrons. The number of nitrogens with one attached hydrogen (secondary N) is 1. The van der Waals surface area contributed by atoms with Gasteiger partial charge in [0, 0.05) is 19.0 Å². The number of urea groups is 1. The minimum atomic E-state index is -1.05. The third-order valence-electron chi connectivity index (χ3n) is 4.49. The van der Waals surface area contributed by atoms with Crippen LogP contribution in [0, 0.1) is 5.41 Å². The van der Waals surface area contributed by atoms with Crippen molar-refractivity contribution in [3.8, 4) is 0 Å². The molecule has 20 heavy (non-hydrogen) atoms. The second-order valence-electron chi connectivity index (χ2n) is 6.78. The molecular weight excluding hydrogens is 260 g/mol. The molecule has 2 fully saturated rings. The molecule has 0 unspecified atom stereocenters. The number of aliphatic carboxylic acids is 1. The number of carboxylic acids is 1. The molecule has 6 nitrogen and oxygen atoms in total. The Hall–Kier alpha value is -1.30. The van der Waals surface area contributed by atoms with E-state index in [0.29, 0.717) is 5.41 Å². The van der Waals surface area contributed by atoms with E-state index in [2.05, 4.69) is 19.2 Å². The standard InChI is InChI=1S/C14H24N2O4/c1-14(2)5-3-9(4-6-14)15-13(20)16-8-10(17)7-11(16)12(18)19/h9-11,17H,3-8H2,1-2H3,(H,15,20)(H,18,19)/t10-,11-/m0/s1. The fourth-order valence-corrected chi connectivity index (χ4v) is 3.07. The first-order valence-corrected chi connectivity index (χ1v) is 7.26. The average molecular weight is 284 g/mol. The number of aliphatic hydroxyl groups excluding tert-OH is 1. The lowest BCUT2D eigenvalue weighted by atomic mass is 9.75. The van der Waals surface area contributed by atoms with Gasteiger partial charge < -0.3 is 20.4 Å². The molecule has 1 saturated carbocycles. The molecule has 1 aliphatic heterocycles. The number of nitrogens with zero attached hydrogens (tertiary/aromatic N) is 1. The second-order valence-corrected chi connectivity index (χ2v) is 6.78. The zero-order valence-electron chi connectivity index (χ0n) is 12.1. The van der Waals surface area contributed by atoms with Gasteiger partial charge in [0.25, 0.3) is 0 Å². The predicted molar refractivity (Wildman–Crippen MR) is 73.3 cm³/mol. The normalized spacial score (nSPS) is 30.2. The van der Waals surface area contributed by atoms with Crippen molar-refractivity contribution in [2.45, 2.75) is 64.1 Å². The summed E-state index contributed by atoms with van der Waals surface area (Å²) in [6.45, 7) is 4.55. The molecule has 2 aliphatic rings. The quantitative estimate of drug-likeness (QED) is 0.710. The number of likely N-dealkylation sites (tertiary alicyclic amines) is 1. The van der Waals surface area contributed by atoms with Crippen LogP contribution in [0.5, 0.6) is 0 Å². The van der Waals surface area contributed by atoms with Crippen LogP contribution >= 0.6 is 0 Å². The maximum Gasteiger partial charge on any atom is 0.326 e. The van der Waals surface area contributed by atoms with Crippen molar-refractivity contribution < 1.29 is 19.8 Å². The zero-order chi connectivity index (χ0) is 14.9. The van der Waals surface area contributed by atoms with E-state index >= 15 is 0 Å². The topological polar surface area (TPSA) is 89.9 Å². The summed E-state index contributed by atoms with van der Waals surface area (Å²) in [4.78, 5) is 24.5. The Morgan fingerprint density at radius 1 is 1.25 bits per heavy atom. The number of amides is 2. The molecule has 114 valence electrons.